The minimum Gasteiger partial charge on any atom is -0.310 e. The summed E-state index contributed by atoms with van der Waals surface area (Å²) in [6.07, 6.45) is 0. The Hall–Kier alpha value is -8.72. The van der Waals surface area contributed by atoms with Gasteiger partial charge in [-0.2, -0.15) is 0 Å². The van der Waals surface area contributed by atoms with E-state index in [1.807, 2.05) is 0 Å². The summed E-state index contributed by atoms with van der Waals surface area (Å²) in [7, 11) is 0. The van der Waals surface area contributed by atoms with Gasteiger partial charge in [0.1, 0.15) is 0 Å². The molecular weight excluding hydrogens is 941 g/mol. The first kappa shape index (κ1) is 50.1. The summed E-state index contributed by atoms with van der Waals surface area (Å²) in [5, 5.41) is 7.33. The largest absolute Gasteiger partial charge is 0.310 e. The lowest BCUT2D eigenvalue weighted by molar-refractivity contribution is 0.590. The molecule has 0 N–H and O–H groups in total. The van der Waals surface area contributed by atoms with Crippen LogP contribution in [0.25, 0.3) is 76.8 Å². The maximum atomic E-state index is 2.50. The molecule has 0 aliphatic heterocycles. The summed E-state index contributed by atoms with van der Waals surface area (Å²) in [6, 6.07) is 87.4. The molecule has 12 aromatic carbocycles. The molecule has 0 unspecified atom stereocenters. The molecule has 0 saturated carbocycles. The van der Waals surface area contributed by atoms with Gasteiger partial charge in [0.25, 0.3) is 0 Å². The van der Waals surface area contributed by atoms with Crippen molar-refractivity contribution in [3.05, 3.63) is 264 Å². The lowest BCUT2D eigenvalue weighted by atomic mass is 9.87. The predicted molar refractivity (Wildman–Crippen MR) is 338 cm³/mol. The quantitative estimate of drug-likeness (QED) is 0.126. The van der Waals surface area contributed by atoms with Crippen LogP contribution in [0.4, 0.5) is 34.1 Å². The van der Waals surface area contributed by atoms with Crippen molar-refractivity contribution in [2.24, 2.45) is 0 Å². The molecule has 0 bridgehead atoms. The van der Waals surface area contributed by atoms with Crippen molar-refractivity contribution in [2.75, 3.05) is 9.80 Å². The van der Waals surface area contributed by atoms with Crippen LogP contribution in [-0.4, -0.2) is 0 Å². The van der Waals surface area contributed by atoms with Gasteiger partial charge in [0.15, 0.2) is 0 Å². The van der Waals surface area contributed by atoms with Gasteiger partial charge in [0, 0.05) is 33.5 Å². The molecule has 0 aromatic heterocycles. The normalized spacial score (nSPS) is 12.0. The van der Waals surface area contributed by atoms with E-state index in [1.165, 1.54) is 110 Å². The minimum absolute atomic E-state index is 0.00474. The maximum absolute atomic E-state index is 2.50. The molecule has 0 aliphatic carbocycles. The minimum atomic E-state index is 0.00474. The number of hydrogen-bond donors (Lipinski definition) is 0. The third kappa shape index (κ3) is 9.62. The summed E-state index contributed by atoms with van der Waals surface area (Å²) in [5.74, 6) is 0. The summed E-state index contributed by atoms with van der Waals surface area (Å²) >= 11 is 0. The summed E-state index contributed by atoms with van der Waals surface area (Å²) in [5.41, 5.74) is 23.7. The molecule has 12 rings (SSSR count). The molecule has 0 fully saturated rings. The Labute approximate surface area is 462 Å². The molecule has 0 saturated heterocycles. The molecule has 12 aromatic rings. The van der Waals surface area contributed by atoms with Crippen molar-refractivity contribution in [3.8, 4) is 44.5 Å². The standard InChI is InChI=1S/C76H68N2/c1-49-11-19-53(20-12-49)59-43-60(54-21-13-50(2)14-22-54)46-67(45-59)77(65-35-31-63(32-36-65)75(5,6)7)71-41-29-57-28-40-70-72(42-30-58-27-39-69(71)73(57)74(58)70)78(66-37-33-64(34-38-66)76(8,9)10)68-47-61(55-23-15-51(3)16-24-55)44-62(48-68)56-25-17-52(4)18-26-56/h11-48H,1-10H3. The van der Waals surface area contributed by atoms with E-state index in [0.717, 1.165) is 34.1 Å². The smallest absolute Gasteiger partial charge is 0.0540 e. The van der Waals surface area contributed by atoms with E-state index in [9.17, 15) is 0 Å². The van der Waals surface area contributed by atoms with E-state index in [0.29, 0.717) is 0 Å². The maximum Gasteiger partial charge on any atom is 0.0540 e. The molecule has 0 heterocycles. The average Bonchev–Trinajstić information content (AvgIpc) is 3.62. The number of anilines is 6. The molecule has 2 nitrogen and oxygen atoms in total. The van der Waals surface area contributed by atoms with E-state index in [1.54, 1.807) is 0 Å². The zero-order valence-electron chi connectivity index (χ0n) is 46.8. The second-order valence-electron chi connectivity index (χ2n) is 23.9. The summed E-state index contributed by atoms with van der Waals surface area (Å²) in [6.45, 7) is 22.4. The van der Waals surface area contributed by atoms with E-state index in [2.05, 4.69) is 310 Å². The second-order valence-corrected chi connectivity index (χ2v) is 23.9. The van der Waals surface area contributed by atoms with Crippen molar-refractivity contribution >= 4 is 66.4 Å². The van der Waals surface area contributed by atoms with E-state index < -0.39 is 0 Å². The van der Waals surface area contributed by atoms with Gasteiger partial charge in [-0.1, -0.05) is 222 Å². The van der Waals surface area contributed by atoms with E-state index in [-0.39, 0.29) is 10.8 Å². The van der Waals surface area contributed by atoms with Crippen molar-refractivity contribution in [3.63, 3.8) is 0 Å². The van der Waals surface area contributed by atoms with Crippen LogP contribution in [0.1, 0.15) is 74.9 Å². The van der Waals surface area contributed by atoms with Gasteiger partial charge in [-0.15, -0.1) is 0 Å². The Morgan fingerprint density at radius 2 is 0.513 bits per heavy atom. The molecule has 2 heteroatoms. The molecule has 0 atom stereocenters. The summed E-state index contributed by atoms with van der Waals surface area (Å²) in [4.78, 5) is 5.00. The average molecular weight is 1010 g/mol. The Morgan fingerprint density at radius 1 is 0.244 bits per heavy atom. The first-order valence-corrected chi connectivity index (χ1v) is 27.6. The van der Waals surface area contributed by atoms with Crippen LogP contribution in [0.3, 0.4) is 0 Å². The fourth-order valence-electron chi connectivity index (χ4n) is 11.4. The van der Waals surface area contributed by atoms with E-state index in [4.69, 9.17) is 0 Å². The third-order valence-electron chi connectivity index (χ3n) is 16.0. The number of nitrogens with zero attached hydrogens (tertiary/aromatic N) is 2. The molecule has 0 amide bonds. The van der Waals surface area contributed by atoms with Crippen LogP contribution < -0.4 is 9.80 Å². The molecule has 382 valence electrons. The Morgan fingerprint density at radius 3 is 0.782 bits per heavy atom. The van der Waals surface area contributed by atoms with Gasteiger partial charge in [-0.05, 0) is 189 Å². The van der Waals surface area contributed by atoms with Crippen molar-refractivity contribution < 1.29 is 0 Å². The highest BCUT2D eigenvalue weighted by atomic mass is 15.2. The van der Waals surface area contributed by atoms with Crippen LogP contribution in [-0.2, 0) is 10.8 Å². The lowest BCUT2D eigenvalue weighted by Crippen LogP contribution is -2.14. The van der Waals surface area contributed by atoms with Crippen LogP contribution in [0.2, 0.25) is 0 Å². The molecule has 0 aliphatic rings. The molecule has 0 radical (unpaired) electrons. The van der Waals surface area contributed by atoms with Crippen molar-refractivity contribution in [2.45, 2.75) is 80.1 Å². The van der Waals surface area contributed by atoms with Gasteiger partial charge in [-0.3, -0.25) is 0 Å². The van der Waals surface area contributed by atoms with Crippen LogP contribution >= 0.6 is 0 Å². The SMILES string of the molecule is Cc1ccc(-c2cc(-c3ccc(C)cc3)cc(N(c3ccc(C(C)(C)C)cc3)c3ccc4ccc5c(N(c6ccc(C(C)(C)C)cc6)c6cc(-c7ccc(C)cc7)cc(-c7ccc(C)cc7)c6)ccc6ccc3c4c65)c2)cc1. The predicted octanol–water partition coefficient (Wildman–Crippen LogP) is 22.0. The molecule has 78 heavy (non-hydrogen) atoms. The fourth-order valence-corrected chi connectivity index (χ4v) is 11.4. The number of aryl methyl sites for hydroxylation is 4. The lowest BCUT2D eigenvalue weighted by Gasteiger charge is -2.31. The second kappa shape index (κ2) is 19.7. The van der Waals surface area contributed by atoms with E-state index >= 15 is 0 Å². The van der Waals surface area contributed by atoms with Crippen molar-refractivity contribution in [1.29, 1.82) is 0 Å². The molecule has 0 spiro atoms. The van der Waals surface area contributed by atoms with Gasteiger partial charge in [-0.25, -0.2) is 0 Å². The van der Waals surface area contributed by atoms with Gasteiger partial charge in [0.05, 0.1) is 11.4 Å². The van der Waals surface area contributed by atoms with Gasteiger partial charge >= 0.3 is 0 Å². The number of hydrogen-bond acceptors (Lipinski definition) is 2. The van der Waals surface area contributed by atoms with Gasteiger partial charge < -0.3 is 9.80 Å². The van der Waals surface area contributed by atoms with Crippen LogP contribution in [0.15, 0.2) is 231 Å². The van der Waals surface area contributed by atoms with Crippen LogP contribution in [0, 0.1) is 27.7 Å². The zero-order chi connectivity index (χ0) is 54.0. The van der Waals surface area contributed by atoms with Crippen molar-refractivity contribution in [1.82, 2.24) is 0 Å². The first-order valence-electron chi connectivity index (χ1n) is 27.6. The molecular formula is C76H68N2. The highest BCUT2D eigenvalue weighted by molar-refractivity contribution is 6.28. The Kier molecular flexibility index (Phi) is 12.7. The Bertz CT molecular complexity index is 3730. The Balaban J connectivity index is 1.11. The van der Waals surface area contributed by atoms with Gasteiger partial charge in [0.2, 0.25) is 0 Å². The fraction of sp³-hybridized carbons (Fsp3) is 0.158. The third-order valence-corrected chi connectivity index (χ3v) is 16.0. The number of benzene rings is 12. The van der Waals surface area contributed by atoms with Crippen LogP contribution in [0.5, 0.6) is 0 Å². The zero-order valence-corrected chi connectivity index (χ0v) is 46.8. The monoisotopic (exact) mass is 1010 g/mol. The highest BCUT2D eigenvalue weighted by Crippen LogP contribution is 2.50. The first-order chi connectivity index (χ1) is 37.5. The number of rotatable bonds is 10. The topological polar surface area (TPSA) is 6.48 Å². The highest BCUT2D eigenvalue weighted by Gasteiger charge is 2.25. The summed E-state index contributed by atoms with van der Waals surface area (Å²) < 4.78 is 0.